The van der Waals surface area contributed by atoms with E-state index in [2.05, 4.69) is 29.4 Å². The van der Waals surface area contributed by atoms with Crippen LogP contribution in [0.4, 0.5) is 0 Å². The van der Waals surface area contributed by atoms with Crippen molar-refractivity contribution >= 4 is 0 Å². The Morgan fingerprint density at radius 2 is 1.82 bits per heavy atom. The van der Waals surface area contributed by atoms with E-state index in [1.54, 1.807) is 0 Å². The van der Waals surface area contributed by atoms with E-state index in [1.807, 2.05) is 30.5 Å². The molecule has 2 fully saturated rings. The first-order valence-electron chi connectivity index (χ1n) is 15.7. The van der Waals surface area contributed by atoms with E-state index in [1.165, 1.54) is 43.2 Å². The molecule has 2 aromatic rings. The summed E-state index contributed by atoms with van der Waals surface area (Å²) in [6.45, 7) is 4.47. The lowest BCUT2D eigenvalue weighted by Crippen LogP contribution is -2.46. The summed E-state index contributed by atoms with van der Waals surface area (Å²) in [7, 11) is 0. The summed E-state index contributed by atoms with van der Waals surface area (Å²) in [5, 5.41) is 35.9. The van der Waals surface area contributed by atoms with Crippen LogP contribution in [0.2, 0.25) is 0 Å². The fraction of sp³-hybridized carbons (Fsp3) is 0.676. The number of benzene rings is 1. The highest BCUT2D eigenvalue weighted by Gasteiger charge is 2.63. The second-order valence-corrected chi connectivity index (χ2v) is 13.2. The first kappa shape index (κ1) is 28.6. The number of hydrogen-bond acceptors (Lipinski definition) is 5. The number of phenols is 1. The molecule has 5 heteroatoms. The highest BCUT2D eigenvalue weighted by atomic mass is 16.3. The van der Waals surface area contributed by atoms with Crippen LogP contribution in [0.25, 0.3) is 0 Å². The zero-order chi connectivity index (χ0) is 27.3. The molecule has 4 N–H and O–H groups in total. The number of unbranched alkanes of at least 4 members (excludes halogenated alkanes) is 5. The summed E-state index contributed by atoms with van der Waals surface area (Å²) < 4.78 is 0. The van der Waals surface area contributed by atoms with E-state index in [4.69, 9.17) is 0 Å². The van der Waals surface area contributed by atoms with Crippen molar-refractivity contribution in [2.45, 2.75) is 102 Å². The molecule has 0 aliphatic heterocycles. The molecule has 214 valence electrons. The molecule has 39 heavy (non-hydrogen) atoms. The highest BCUT2D eigenvalue weighted by Crippen LogP contribution is 2.66. The van der Waals surface area contributed by atoms with Gasteiger partial charge in [-0.3, -0.25) is 4.98 Å². The van der Waals surface area contributed by atoms with Gasteiger partial charge in [0.05, 0.1) is 12.7 Å². The second kappa shape index (κ2) is 12.7. The SMILES string of the molecule is C[C@]12CC[C@@H]3c4ccc(O)cc4CC[C@H]3[C@@H]1C[C@@](CO)(CCCCCCCCNCCc1ccccn1)[C@@H]2O. The van der Waals surface area contributed by atoms with Crippen LogP contribution in [0.15, 0.2) is 42.6 Å². The quantitative estimate of drug-likeness (QED) is 0.231. The Morgan fingerprint density at radius 3 is 2.62 bits per heavy atom. The Hall–Kier alpha value is -1.95. The Balaban J connectivity index is 1.05. The minimum atomic E-state index is -0.417. The van der Waals surface area contributed by atoms with Crippen LogP contribution in [-0.4, -0.2) is 46.1 Å². The highest BCUT2D eigenvalue weighted by molar-refractivity contribution is 5.40. The van der Waals surface area contributed by atoms with Crippen molar-refractivity contribution in [1.82, 2.24) is 10.3 Å². The normalized spacial score (nSPS) is 31.5. The van der Waals surface area contributed by atoms with Crippen LogP contribution in [0, 0.1) is 22.7 Å². The lowest BCUT2D eigenvalue weighted by atomic mass is 9.55. The van der Waals surface area contributed by atoms with Crippen molar-refractivity contribution in [3.63, 3.8) is 0 Å². The van der Waals surface area contributed by atoms with Gasteiger partial charge in [-0.2, -0.15) is 0 Å². The van der Waals surface area contributed by atoms with Crippen LogP contribution < -0.4 is 5.32 Å². The Labute approximate surface area is 235 Å². The first-order chi connectivity index (χ1) is 19.0. The number of aromatic hydroxyl groups is 1. The zero-order valence-corrected chi connectivity index (χ0v) is 24.0. The summed E-state index contributed by atoms with van der Waals surface area (Å²) in [6, 6.07) is 12.0. The van der Waals surface area contributed by atoms with E-state index < -0.39 is 6.10 Å². The fourth-order valence-corrected chi connectivity index (χ4v) is 8.68. The molecule has 6 atom stereocenters. The molecular weight excluding hydrogens is 484 g/mol. The molecule has 3 aliphatic carbocycles. The minimum Gasteiger partial charge on any atom is -0.508 e. The molecule has 5 nitrogen and oxygen atoms in total. The molecule has 0 spiro atoms. The largest absolute Gasteiger partial charge is 0.508 e. The summed E-state index contributed by atoms with van der Waals surface area (Å²) >= 11 is 0. The molecule has 1 heterocycles. The van der Waals surface area contributed by atoms with Crippen molar-refractivity contribution in [1.29, 1.82) is 0 Å². The number of nitrogens with one attached hydrogen (secondary N) is 1. The van der Waals surface area contributed by atoms with Crippen LogP contribution in [-0.2, 0) is 12.8 Å². The van der Waals surface area contributed by atoms with Gasteiger partial charge < -0.3 is 20.6 Å². The fourth-order valence-electron chi connectivity index (χ4n) is 8.68. The molecule has 2 saturated carbocycles. The van der Waals surface area contributed by atoms with Gasteiger partial charge in [0, 0.05) is 30.3 Å². The average Bonchev–Trinajstić information content (AvgIpc) is 3.19. The number of aromatic nitrogens is 1. The minimum absolute atomic E-state index is 0.0953. The van der Waals surface area contributed by atoms with Crippen molar-refractivity contribution in [2.75, 3.05) is 19.7 Å². The molecule has 0 amide bonds. The predicted molar refractivity (Wildman–Crippen MR) is 157 cm³/mol. The topological polar surface area (TPSA) is 85.6 Å². The standard InChI is InChI=1S/C34H50N2O3/c1-33-18-15-29-28-14-12-27(38)22-25(28)11-13-30(29)31(33)23-34(24-37,32(33)39)17-7-4-2-3-5-8-19-35-21-16-26-10-6-9-20-36-26/h6,9-10,12,14,20,22,29-32,35,37-39H,2-5,7-8,11,13,15-19,21,23-24H2,1H3/t29-,30-,31+,32-,33+,34-/m1/s1. The van der Waals surface area contributed by atoms with Gasteiger partial charge in [0.15, 0.2) is 0 Å². The van der Waals surface area contributed by atoms with Crippen LogP contribution in [0.3, 0.4) is 0 Å². The van der Waals surface area contributed by atoms with Crippen LogP contribution in [0.1, 0.15) is 100 Å². The second-order valence-electron chi connectivity index (χ2n) is 13.2. The molecule has 0 radical (unpaired) electrons. The van der Waals surface area contributed by atoms with E-state index in [0.717, 1.165) is 70.2 Å². The summed E-state index contributed by atoms with van der Waals surface area (Å²) in [5.41, 5.74) is 3.44. The number of phenolic OH excluding ortho intramolecular Hbond substituents is 1. The van der Waals surface area contributed by atoms with Gasteiger partial charge >= 0.3 is 0 Å². The van der Waals surface area contributed by atoms with E-state index in [-0.39, 0.29) is 17.4 Å². The number of pyridine rings is 1. The first-order valence-corrected chi connectivity index (χ1v) is 15.7. The van der Waals surface area contributed by atoms with Crippen molar-refractivity contribution < 1.29 is 15.3 Å². The lowest BCUT2D eigenvalue weighted by Gasteiger charge is -2.50. The molecule has 0 unspecified atom stereocenters. The van der Waals surface area contributed by atoms with Gasteiger partial charge in [0.25, 0.3) is 0 Å². The van der Waals surface area contributed by atoms with E-state index >= 15 is 0 Å². The van der Waals surface area contributed by atoms with Gasteiger partial charge in [-0.25, -0.2) is 0 Å². The maximum atomic E-state index is 11.7. The third-order valence-corrected chi connectivity index (χ3v) is 10.9. The molecule has 0 saturated heterocycles. The molecule has 0 bridgehead atoms. The molecular formula is C34H50N2O3. The monoisotopic (exact) mass is 534 g/mol. The number of aliphatic hydroxyl groups excluding tert-OH is 2. The number of rotatable bonds is 13. The van der Waals surface area contributed by atoms with E-state index in [0.29, 0.717) is 23.5 Å². The van der Waals surface area contributed by atoms with Gasteiger partial charge in [0.1, 0.15) is 5.75 Å². The maximum Gasteiger partial charge on any atom is 0.115 e. The van der Waals surface area contributed by atoms with Crippen LogP contribution >= 0.6 is 0 Å². The lowest BCUT2D eigenvalue weighted by molar-refractivity contribution is -0.0715. The predicted octanol–water partition coefficient (Wildman–Crippen LogP) is 6.16. The third kappa shape index (κ3) is 6.06. The molecule has 1 aromatic heterocycles. The number of aryl methyl sites for hydroxylation is 1. The summed E-state index contributed by atoms with van der Waals surface area (Å²) in [4.78, 5) is 4.37. The van der Waals surface area contributed by atoms with Crippen molar-refractivity contribution in [2.24, 2.45) is 22.7 Å². The number of fused-ring (bicyclic) bond motifs is 5. The van der Waals surface area contributed by atoms with Crippen molar-refractivity contribution in [3.8, 4) is 5.75 Å². The zero-order valence-electron chi connectivity index (χ0n) is 24.0. The summed E-state index contributed by atoms with van der Waals surface area (Å²) in [6.07, 6.45) is 15.8. The molecule has 3 aliphatic rings. The van der Waals surface area contributed by atoms with Gasteiger partial charge in [-0.05, 0) is 110 Å². The number of hydrogen-bond donors (Lipinski definition) is 4. The van der Waals surface area contributed by atoms with Gasteiger partial charge in [0.2, 0.25) is 0 Å². The molecule has 1 aromatic carbocycles. The molecule has 5 rings (SSSR count). The maximum absolute atomic E-state index is 11.7. The Morgan fingerprint density at radius 1 is 1.00 bits per heavy atom. The Kier molecular flexibility index (Phi) is 9.31. The Bertz CT molecular complexity index is 1060. The average molecular weight is 535 g/mol. The van der Waals surface area contributed by atoms with Crippen molar-refractivity contribution in [3.05, 3.63) is 59.4 Å². The number of aliphatic hydroxyl groups is 2. The van der Waals surface area contributed by atoms with Gasteiger partial charge in [-0.15, -0.1) is 0 Å². The van der Waals surface area contributed by atoms with E-state index in [9.17, 15) is 15.3 Å². The van der Waals surface area contributed by atoms with Gasteiger partial charge in [-0.1, -0.05) is 51.2 Å². The van der Waals surface area contributed by atoms with Crippen LogP contribution in [0.5, 0.6) is 5.75 Å². The smallest absolute Gasteiger partial charge is 0.115 e. The number of nitrogens with zero attached hydrogens (tertiary/aromatic N) is 1. The summed E-state index contributed by atoms with van der Waals surface area (Å²) in [5.74, 6) is 1.93. The third-order valence-electron chi connectivity index (χ3n) is 10.9.